The summed E-state index contributed by atoms with van der Waals surface area (Å²) in [6.07, 6.45) is 7.08. The Morgan fingerprint density at radius 2 is 1.90 bits per heavy atom. The summed E-state index contributed by atoms with van der Waals surface area (Å²) in [6, 6.07) is 8.39. The van der Waals surface area contributed by atoms with Crippen LogP contribution in [-0.2, 0) is 14.4 Å². The second-order valence-corrected chi connectivity index (χ2v) is 12.5. The van der Waals surface area contributed by atoms with Gasteiger partial charge in [0.05, 0.1) is 17.8 Å². The largest absolute Gasteiger partial charge is 0.350 e. The Labute approximate surface area is 246 Å². The van der Waals surface area contributed by atoms with Crippen molar-refractivity contribution < 1.29 is 19.2 Å². The van der Waals surface area contributed by atoms with Gasteiger partial charge in [0.2, 0.25) is 17.7 Å². The molecule has 11 nitrogen and oxygen atoms in total. The molecular weight excluding hydrogens is 534 g/mol. The number of H-pyrrole nitrogens is 1. The number of amides is 4. The quantitative estimate of drug-likeness (QED) is 0.302. The summed E-state index contributed by atoms with van der Waals surface area (Å²) in [7, 11) is 0. The van der Waals surface area contributed by atoms with E-state index >= 15 is 0 Å². The molecule has 11 heteroatoms. The zero-order valence-corrected chi connectivity index (χ0v) is 24.4. The Hall–Kier alpha value is -4.46. The van der Waals surface area contributed by atoms with Gasteiger partial charge in [0.15, 0.2) is 0 Å². The number of hydrogen-bond acceptors (Lipinski definition) is 6. The first-order valence-corrected chi connectivity index (χ1v) is 14.2. The van der Waals surface area contributed by atoms with Crippen molar-refractivity contribution in [1.29, 1.82) is 5.26 Å². The maximum atomic E-state index is 14.1. The van der Waals surface area contributed by atoms with E-state index in [1.54, 1.807) is 24.3 Å². The first kappa shape index (κ1) is 30.5. The van der Waals surface area contributed by atoms with E-state index in [2.05, 4.69) is 38.6 Å². The minimum Gasteiger partial charge on any atom is -0.350 e. The minimum absolute atomic E-state index is 0.0515. The summed E-state index contributed by atoms with van der Waals surface area (Å²) in [5.74, 6) is -1.46. The molecule has 2 aliphatic rings. The Balaban J connectivity index is 1.54. The van der Waals surface area contributed by atoms with Crippen LogP contribution in [-0.4, -0.2) is 63.2 Å². The number of nitrogens with one attached hydrogen (secondary N) is 4. The first-order valence-electron chi connectivity index (χ1n) is 14.2. The van der Waals surface area contributed by atoms with E-state index < -0.39 is 41.3 Å². The summed E-state index contributed by atoms with van der Waals surface area (Å²) in [4.78, 5) is 61.9. The molecule has 4 atom stereocenters. The van der Waals surface area contributed by atoms with Crippen LogP contribution in [0, 0.1) is 28.1 Å². The van der Waals surface area contributed by atoms with Gasteiger partial charge in [0.1, 0.15) is 23.8 Å². The number of anilines is 1. The molecule has 2 fully saturated rings. The van der Waals surface area contributed by atoms with Gasteiger partial charge < -0.3 is 25.8 Å². The van der Waals surface area contributed by atoms with Crippen LogP contribution in [0.15, 0.2) is 55.5 Å². The molecule has 1 aliphatic carbocycles. The standard InChI is InChI=1S/C31H39N7O4/c1-5-31(29(42)35-21-9-7-6-8-10-21)14-22(16-32)38(18-31)28(41)24(15-30(2,3)4)37-26(39)23(13-20-11-12-20)36-27(40)25-17-33-19-34-25/h5-10,17,19-20,22-24H,1,11-15,18H2,2-4H3,(H,33,34)(H,35,42)(H,36,40)(H,37,39)/t22-,23-,24-,31-/m0/s1. The van der Waals surface area contributed by atoms with Crippen LogP contribution in [0.1, 0.15) is 63.4 Å². The number of para-hydroxylation sites is 1. The Bertz CT molecular complexity index is 1340. The molecule has 42 heavy (non-hydrogen) atoms. The molecule has 2 heterocycles. The van der Waals surface area contributed by atoms with Crippen LogP contribution in [0.2, 0.25) is 0 Å². The van der Waals surface area contributed by atoms with Gasteiger partial charge >= 0.3 is 0 Å². The molecule has 222 valence electrons. The predicted octanol–water partition coefficient (Wildman–Crippen LogP) is 3.16. The third-order valence-corrected chi connectivity index (χ3v) is 7.74. The third kappa shape index (κ3) is 7.43. The summed E-state index contributed by atoms with van der Waals surface area (Å²) in [5.41, 5.74) is -0.790. The molecule has 0 spiro atoms. The highest BCUT2D eigenvalue weighted by Crippen LogP contribution is 2.38. The molecule has 1 saturated carbocycles. The van der Waals surface area contributed by atoms with Gasteiger partial charge in [-0.2, -0.15) is 5.26 Å². The highest BCUT2D eigenvalue weighted by molar-refractivity contribution is 5.99. The highest BCUT2D eigenvalue weighted by atomic mass is 16.2. The summed E-state index contributed by atoms with van der Waals surface area (Å²) >= 11 is 0. The first-order chi connectivity index (χ1) is 19.9. The van der Waals surface area contributed by atoms with Gasteiger partial charge in [0.25, 0.3) is 5.91 Å². The van der Waals surface area contributed by atoms with Gasteiger partial charge in [-0.05, 0) is 36.3 Å². The molecule has 1 aromatic heterocycles. The van der Waals surface area contributed by atoms with Crippen molar-refractivity contribution in [3.8, 4) is 6.07 Å². The topological polar surface area (TPSA) is 160 Å². The third-order valence-electron chi connectivity index (χ3n) is 7.74. The average Bonchev–Trinajstić information content (AvgIpc) is 3.44. The smallest absolute Gasteiger partial charge is 0.272 e. The number of nitriles is 1. The van der Waals surface area contributed by atoms with Gasteiger partial charge in [-0.15, -0.1) is 6.58 Å². The molecule has 1 aliphatic heterocycles. The molecule has 2 aromatic rings. The van der Waals surface area contributed by atoms with Crippen molar-refractivity contribution in [2.75, 3.05) is 11.9 Å². The van der Waals surface area contributed by atoms with Crippen molar-refractivity contribution in [3.63, 3.8) is 0 Å². The Morgan fingerprint density at radius 3 is 2.48 bits per heavy atom. The van der Waals surface area contributed by atoms with E-state index in [-0.39, 0.29) is 36.4 Å². The Morgan fingerprint density at radius 1 is 1.19 bits per heavy atom. The van der Waals surface area contributed by atoms with Crippen LogP contribution in [0.25, 0.3) is 0 Å². The van der Waals surface area contributed by atoms with E-state index in [0.717, 1.165) is 12.8 Å². The number of carbonyl (C=O) groups excluding carboxylic acids is 4. The zero-order valence-electron chi connectivity index (χ0n) is 24.4. The van der Waals surface area contributed by atoms with Crippen LogP contribution >= 0.6 is 0 Å². The Kier molecular flexibility index (Phi) is 9.14. The summed E-state index contributed by atoms with van der Waals surface area (Å²) in [5, 5.41) is 18.5. The maximum Gasteiger partial charge on any atom is 0.272 e. The fourth-order valence-corrected chi connectivity index (χ4v) is 5.28. The fourth-order valence-electron chi connectivity index (χ4n) is 5.28. The minimum atomic E-state index is -1.19. The number of carbonyl (C=O) groups is 4. The van der Waals surface area contributed by atoms with Crippen molar-refractivity contribution in [2.45, 2.75) is 71.0 Å². The molecule has 1 aromatic carbocycles. The zero-order chi connectivity index (χ0) is 30.5. The lowest BCUT2D eigenvalue weighted by atomic mass is 9.84. The predicted molar refractivity (Wildman–Crippen MR) is 157 cm³/mol. The number of benzene rings is 1. The summed E-state index contributed by atoms with van der Waals surface area (Å²) < 4.78 is 0. The molecule has 4 rings (SSSR count). The van der Waals surface area contributed by atoms with Gasteiger partial charge in [-0.1, -0.05) is 57.9 Å². The van der Waals surface area contributed by atoms with E-state index in [0.29, 0.717) is 18.0 Å². The van der Waals surface area contributed by atoms with E-state index in [1.807, 2.05) is 26.8 Å². The van der Waals surface area contributed by atoms with Crippen molar-refractivity contribution in [1.82, 2.24) is 25.5 Å². The molecule has 4 N–H and O–H groups in total. The highest BCUT2D eigenvalue weighted by Gasteiger charge is 2.50. The molecule has 1 saturated heterocycles. The fraction of sp³-hybridized carbons (Fsp3) is 0.484. The molecule has 0 unspecified atom stereocenters. The van der Waals surface area contributed by atoms with Gasteiger partial charge in [-0.3, -0.25) is 19.2 Å². The number of likely N-dealkylation sites (tertiary alicyclic amines) is 1. The van der Waals surface area contributed by atoms with Gasteiger partial charge in [0, 0.05) is 24.8 Å². The van der Waals surface area contributed by atoms with Crippen LogP contribution in [0.5, 0.6) is 0 Å². The second kappa shape index (κ2) is 12.6. The monoisotopic (exact) mass is 573 g/mol. The van der Waals surface area contributed by atoms with Gasteiger partial charge in [-0.25, -0.2) is 4.98 Å². The number of rotatable bonds is 11. The molecular formula is C31H39N7O4. The van der Waals surface area contributed by atoms with Crippen molar-refractivity contribution in [2.24, 2.45) is 16.7 Å². The van der Waals surface area contributed by atoms with E-state index in [9.17, 15) is 24.4 Å². The van der Waals surface area contributed by atoms with Crippen molar-refractivity contribution in [3.05, 3.63) is 61.2 Å². The van der Waals surface area contributed by atoms with E-state index in [1.165, 1.54) is 23.5 Å². The maximum absolute atomic E-state index is 14.1. The number of aromatic nitrogens is 2. The van der Waals surface area contributed by atoms with Crippen molar-refractivity contribution >= 4 is 29.3 Å². The SMILES string of the molecule is C=C[C@]1(C(=O)Nc2ccccc2)C[C@@H](C#N)N(C(=O)[C@H](CC(C)(C)C)NC(=O)[C@H](CC2CC2)NC(=O)c2c[nH]cn2)C1. The number of nitrogens with zero attached hydrogens (tertiary/aromatic N) is 3. The molecule has 0 bridgehead atoms. The average molecular weight is 574 g/mol. The van der Waals surface area contributed by atoms with E-state index in [4.69, 9.17) is 0 Å². The lowest BCUT2D eigenvalue weighted by Gasteiger charge is -2.32. The normalized spacial score (nSPS) is 21.5. The molecule has 4 amide bonds. The number of imidazole rings is 1. The lowest BCUT2D eigenvalue weighted by molar-refractivity contribution is -0.138. The summed E-state index contributed by atoms with van der Waals surface area (Å²) in [6.45, 7) is 9.68. The molecule has 0 radical (unpaired) electrons. The van der Waals surface area contributed by atoms with Crippen LogP contribution in [0.4, 0.5) is 5.69 Å². The van der Waals surface area contributed by atoms with Crippen LogP contribution < -0.4 is 16.0 Å². The second-order valence-electron chi connectivity index (χ2n) is 12.5. The number of aromatic amines is 1. The van der Waals surface area contributed by atoms with Crippen LogP contribution in [0.3, 0.4) is 0 Å². The number of hydrogen-bond donors (Lipinski definition) is 4. The lowest BCUT2D eigenvalue weighted by Crippen LogP contribution is -2.56.